The standard InChI is InChI=1S/C22H20N4O2/c1-14(2)23-19-11-7-8-12-26(19)22(27)17-13-18(16-9-5-4-6-10-16)24-21-20(17)15(3)25-28-21/h4-14H,1-3H3. The van der Waals surface area contributed by atoms with Crippen molar-refractivity contribution in [2.75, 3.05) is 0 Å². The second-order valence-corrected chi connectivity index (χ2v) is 6.83. The van der Waals surface area contributed by atoms with E-state index in [4.69, 9.17) is 4.52 Å². The average Bonchev–Trinajstić information content (AvgIpc) is 3.08. The molecule has 0 aliphatic heterocycles. The maximum absolute atomic E-state index is 13.5. The fourth-order valence-electron chi connectivity index (χ4n) is 3.13. The summed E-state index contributed by atoms with van der Waals surface area (Å²) in [7, 11) is 0. The van der Waals surface area contributed by atoms with Gasteiger partial charge in [-0.15, -0.1) is 0 Å². The van der Waals surface area contributed by atoms with Crippen LogP contribution in [0.25, 0.3) is 22.4 Å². The third-order valence-electron chi connectivity index (χ3n) is 4.36. The maximum Gasteiger partial charge on any atom is 0.264 e. The van der Waals surface area contributed by atoms with Crippen LogP contribution in [0.5, 0.6) is 0 Å². The summed E-state index contributed by atoms with van der Waals surface area (Å²) in [5.74, 6) is -0.198. The average molecular weight is 372 g/mol. The SMILES string of the molecule is Cc1noc2nc(-c3ccccc3)cc(C(=O)n3ccccc3=NC(C)C)c12. The van der Waals surface area contributed by atoms with Gasteiger partial charge in [0.1, 0.15) is 5.49 Å². The lowest BCUT2D eigenvalue weighted by atomic mass is 10.0. The molecule has 0 saturated heterocycles. The van der Waals surface area contributed by atoms with E-state index >= 15 is 0 Å². The number of fused-ring (bicyclic) bond motifs is 1. The monoisotopic (exact) mass is 372 g/mol. The molecule has 3 aromatic heterocycles. The van der Waals surface area contributed by atoms with E-state index in [1.54, 1.807) is 16.8 Å². The minimum Gasteiger partial charge on any atom is -0.335 e. The summed E-state index contributed by atoms with van der Waals surface area (Å²) in [5, 5.41) is 4.64. The van der Waals surface area contributed by atoms with Crippen molar-refractivity contribution < 1.29 is 9.32 Å². The van der Waals surface area contributed by atoms with Gasteiger partial charge < -0.3 is 4.52 Å². The Bertz CT molecular complexity index is 1220. The molecule has 0 radical (unpaired) electrons. The van der Waals surface area contributed by atoms with Crippen molar-refractivity contribution in [2.45, 2.75) is 26.8 Å². The largest absolute Gasteiger partial charge is 0.335 e. The van der Waals surface area contributed by atoms with Crippen LogP contribution in [-0.2, 0) is 0 Å². The van der Waals surface area contributed by atoms with Crippen LogP contribution in [0, 0.1) is 6.92 Å². The number of aromatic nitrogens is 3. The summed E-state index contributed by atoms with van der Waals surface area (Å²) in [6.07, 6.45) is 1.72. The third-order valence-corrected chi connectivity index (χ3v) is 4.36. The fourth-order valence-corrected chi connectivity index (χ4v) is 3.13. The van der Waals surface area contributed by atoms with E-state index < -0.39 is 0 Å². The predicted molar refractivity (Wildman–Crippen MR) is 107 cm³/mol. The minimum absolute atomic E-state index is 0.0658. The molecule has 0 spiro atoms. The molecule has 6 nitrogen and oxygen atoms in total. The summed E-state index contributed by atoms with van der Waals surface area (Å²) in [4.78, 5) is 22.6. The lowest BCUT2D eigenvalue weighted by Gasteiger charge is -2.10. The molecule has 140 valence electrons. The van der Waals surface area contributed by atoms with E-state index in [1.807, 2.05) is 69.3 Å². The molecule has 4 aromatic rings. The molecule has 0 aliphatic rings. The number of hydrogen-bond acceptors (Lipinski definition) is 5. The van der Waals surface area contributed by atoms with Crippen LogP contribution in [0.3, 0.4) is 0 Å². The highest BCUT2D eigenvalue weighted by molar-refractivity contribution is 6.07. The topological polar surface area (TPSA) is 73.3 Å². The summed E-state index contributed by atoms with van der Waals surface area (Å²) in [6.45, 7) is 5.76. The molecule has 0 unspecified atom stereocenters. The van der Waals surface area contributed by atoms with Crippen LogP contribution in [-0.4, -0.2) is 26.7 Å². The third kappa shape index (κ3) is 3.24. The Morgan fingerprint density at radius 3 is 2.61 bits per heavy atom. The molecule has 1 aromatic carbocycles. The summed E-state index contributed by atoms with van der Waals surface area (Å²) >= 11 is 0. The number of carbonyl (C=O) groups is 1. The zero-order chi connectivity index (χ0) is 19.7. The first kappa shape index (κ1) is 17.9. The molecule has 0 atom stereocenters. The van der Waals surface area contributed by atoms with Gasteiger partial charge in [0.25, 0.3) is 11.6 Å². The van der Waals surface area contributed by atoms with Crippen molar-refractivity contribution in [3.8, 4) is 11.3 Å². The molecule has 0 fully saturated rings. The number of aryl methyl sites for hydroxylation is 1. The minimum atomic E-state index is -0.198. The van der Waals surface area contributed by atoms with E-state index in [0.29, 0.717) is 33.5 Å². The van der Waals surface area contributed by atoms with Gasteiger partial charge in [0, 0.05) is 17.8 Å². The van der Waals surface area contributed by atoms with Gasteiger partial charge in [-0.2, -0.15) is 0 Å². The first-order chi connectivity index (χ1) is 13.5. The van der Waals surface area contributed by atoms with E-state index in [9.17, 15) is 4.79 Å². The highest BCUT2D eigenvalue weighted by Gasteiger charge is 2.20. The van der Waals surface area contributed by atoms with Crippen LogP contribution >= 0.6 is 0 Å². The van der Waals surface area contributed by atoms with Crippen LogP contribution in [0.2, 0.25) is 0 Å². The number of hydrogen-bond donors (Lipinski definition) is 0. The van der Waals surface area contributed by atoms with Crippen LogP contribution < -0.4 is 5.49 Å². The van der Waals surface area contributed by atoms with Crippen molar-refractivity contribution in [1.82, 2.24) is 14.7 Å². The lowest BCUT2D eigenvalue weighted by Crippen LogP contribution is -2.28. The highest BCUT2D eigenvalue weighted by Crippen LogP contribution is 2.27. The number of nitrogens with zero attached hydrogens (tertiary/aromatic N) is 4. The first-order valence-corrected chi connectivity index (χ1v) is 9.13. The number of benzene rings is 1. The highest BCUT2D eigenvalue weighted by atomic mass is 16.5. The maximum atomic E-state index is 13.5. The summed E-state index contributed by atoms with van der Waals surface area (Å²) in [5.41, 5.74) is 3.62. The van der Waals surface area contributed by atoms with Gasteiger partial charge in [-0.1, -0.05) is 41.6 Å². The number of rotatable bonds is 3. The first-order valence-electron chi connectivity index (χ1n) is 9.13. The summed E-state index contributed by atoms with van der Waals surface area (Å²) < 4.78 is 6.94. The van der Waals surface area contributed by atoms with Gasteiger partial charge in [0.2, 0.25) is 0 Å². The van der Waals surface area contributed by atoms with Gasteiger partial charge >= 0.3 is 0 Å². The van der Waals surface area contributed by atoms with Crippen LogP contribution in [0.15, 0.2) is 70.3 Å². The molecule has 0 aliphatic carbocycles. The lowest BCUT2D eigenvalue weighted by molar-refractivity contribution is 0.0956. The molecule has 0 N–H and O–H groups in total. The van der Waals surface area contributed by atoms with Crippen LogP contribution in [0.1, 0.15) is 29.9 Å². The van der Waals surface area contributed by atoms with Crippen molar-refractivity contribution in [2.24, 2.45) is 4.99 Å². The van der Waals surface area contributed by atoms with Crippen molar-refractivity contribution in [3.63, 3.8) is 0 Å². The van der Waals surface area contributed by atoms with Crippen molar-refractivity contribution in [3.05, 3.63) is 77.5 Å². The smallest absolute Gasteiger partial charge is 0.264 e. The Morgan fingerprint density at radius 2 is 1.86 bits per heavy atom. The predicted octanol–water partition coefficient (Wildman–Crippen LogP) is 4.00. The molecule has 28 heavy (non-hydrogen) atoms. The Kier molecular flexibility index (Phi) is 4.61. The Balaban J connectivity index is 1.96. The molecule has 0 amide bonds. The van der Waals surface area contributed by atoms with E-state index in [1.165, 1.54) is 0 Å². The molecule has 4 rings (SSSR count). The molecule has 0 bridgehead atoms. The van der Waals surface area contributed by atoms with Gasteiger partial charge in [0.05, 0.1) is 22.3 Å². The Hall–Kier alpha value is -3.54. The second-order valence-electron chi connectivity index (χ2n) is 6.83. The molecular weight excluding hydrogens is 352 g/mol. The van der Waals surface area contributed by atoms with Gasteiger partial charge in [-0.3, -0.25) is 14.4 Å². The van der Waals surface area contributed by atoms with E-state index in [-0.39, 0.29) is 11.9 Å². The van der Waals surface area contributed by atoms with Gasteiger partial charge in [-0.05, 0) is 39.0 Å². The van der Waals surface area contributed by atoms with Crippen molar-refractivity contribution in [1.29, 1.82) is 0 Å². The Labute approximate surface area is 162 Å². The quantitative estimate of drug-likeness (QED) is 0.545. The molecule has 6 heteroatoms. The zero-order valence-corrected chi connectivity index (χ0v) is 16.0. The second kappa shape index (κ2) is 7.23. The zero-order valence-electron chi connectivity index (χ0n) is 16.0. The fraction of sp³-hybridized carbons (Fsp3) is 0.182. The van der Waals surface area contributed by atoms with E-state index in [0.717, 1.165) is 5.56 Å². The molecule has 0 saturated carbocycles. The normalized spacial score (nSPS) is 12.1. The number of carbonyl (C=O) groups excluding carboxylic acids is 1. The number of pyridine rings is 2. The Morgan fingerprint density at radius 1 is 1.11 bits per heavy atom. The van der Waals surface area contributed by atoms with Gasteiger partial charge in [0.15, 0.2) is 0 Å². The summed E-state index contributed by atoms with van der Waals surface area (Å²) in [6, 6.07) is 17.1. The molecular formula is C22H20N4O2. The van der Waals surface area contributed by atoms with E-state index in [2.05, 4.69) is 15.1 Å². The van der Waals surface area contributed by atoms with Crippen LogP contribution in [0.4, 0.5) is 0 Å². The van der Waals surface area contributed by atoms with Gasteiger partial charge in [-0.25, -0.2) is 4.98 Å². The molecule has 3 heterocycles. The van der Waals surface area contributed by atoms with Crippen molar-refractivity contribution >= 4 is 17.0 Å².